The number of carbonyl (C=O) groups excluding carboxylic acids is 1. The van der Waals surface area contributed by atoms with Crippen LogP contribution in [0.25, 0.3) is 0 Å². The molecular formula is C27H50BrNO2. The van der Waals surface area contributed by atoms with Crippen molar-refractivity contribution in [2.45, 2.75) is 110 Å². The van der Waals surface area contributed by atoms with Crippen molar-refractivity contribution in [3.8, 4) is 0 Å². The zero-order valence-corrected chi connectivity index (χ0v) is 22.4. The van der Waals surface area contributed by atoms with Crippen LogP contribution >= 0.6 is 0 Å². The van der Waals surface area contributed by atoms with E-state index < -0.39 is 0 Å². The van der Waals surface area contributed by atoms with Crippen LogP contribution in [0, 0.1) is 23.2 Å². The lowest BCUT2D eigenvalue weighted by Crippen LogP contribution is -3.00. The number of rotatable bonds is 15. The Bertz CT molecular complexity index is 498. The molecule has 4 bridgehead atoms. The Morgan fingerprint density at radius 2 is 1.23 bits per heavy atom. The van der Waals surface area contributed by atoms with Crippen molar-refractivity contribution in [3.05, 3.63) is 0 Å². The van der Waals surface area contributed by atoms with Gasteiger partial charge in [-0.05, 0) is 69.1 Å². The Morgan fingerprint density at radius 1 is 0.774 bits per heavy atom. The number of ether oxygens (including phenoxy) is 1. The van der Waals surface area contributed by atoms with Crippen molar-refractivity contribution in [1.29, 1.82) is 0 Å². The maximum Gasteiger partial charge on any atom is 0.312 e. The van der Waals surface area contributed by atoms with Crippen LogP contribution in [-0.4, -0.2) is 44.2 Å². The summed E-state index contributed by atoms with van der Waals surface area (Å²) in [5.74, 6) is 2.59. The van der Waals surface area contributed by atoms with Crippen LogP contribution in [0.15, 0.2) is 0 Å². The Kier molecular flexibility index (Phi) is 11.4. The molecule has 0 N–H and O–H groups in total. The van der Waals surface area contributed by atoms with Crippen LogP contribution in [0.3, 0.4) is 0 Å². The number of nitrogens with zero attached hydrogens (tertiary/aromatic N) is 1. The molecule has 0 saturated heterocycles. The van der Waals surface area contributed by atoms with Crippen LogP contribution in [0.4, 0.5) is 0 Å². The van der Waals surface area contributed by atoms with Gasteiger partial charge in [0.2, 0.25) is 0 Å². The standard InChI is InChI=1S/C27H50NO2.BrH/c1-4-5-6-7-8-9-10-11-12-13-14-28(2,3)15-16-30-26(29)27-20-23-17-24(21-27)19-25(18-23)22-27;/h23-25H,4-22H2,1-3H3;1H/q+1;/p-1. The number of esters is 1. The largest absolute Gasteiger partial charge is 1.00 e. The number of quaternary nitrogens is 1. The van der Waals surface area contributed by atoms with E-state index >= 15 is 0 Å². The number of hydrogen-bond acceptors (Lipinski definition) is 2. The van der Waals surface area contributed by atoms with Gasteiger partial charge in [-0.25, -0.2) is 0 Å². The molecule has 4 rings (SSSR count). The number of halogens is 1. The van der Waals surface area contributed by atoms with Gasteiger partial charge in [0.25, 0.3) is 0 Å². The molecule has 182 valence electrons. The quantitative estimate of drug-likeness (QED) is 0.195. The molecule has 0 amide bonds. The molecule has 0 aromatic rings. The number of carbonyl (C=O) groups is 1. The second-order valence-electron chi connectivity index (χ2n) is 11.9. The van der Waals surface area contributed by atoms with Gasteiger partial charge in [0.05, 0.1) is 26.1 Å². The highest BCUT2D eigenvalue weighted by atomic mass is 79.9. The topological polar surface area (TPSA) is 26.3 Å². The molecule has 4 saturated carbocycles. The van der Waals surface area contributed by atoms with Crippen molar-refractivity contribution in [1.82, 2.24) is 0 Å². The smallest absolute Gasteiger partial charge is 0.312 e. The SMILES string of the molecule is CCCCCCCCCCCC[N+](C)(C)CCOC(=O)C12CC3CC(CC(C3)C1)C2.[Br-]. The summed E-state index contributed by atoms with van der Waals surface area (Å²) in [7, 11) is 4.60. The summed E-state index contributed by atoms with van der Waals surface area (Å²) in [4.78, 5) is 13.0. The number of unbranched alkanes of at least 4 members (excludes halogenated alkanes) is 9. The second-order valence-corrected chi connectivity index (χ2v) is 11.9. The van der Waals surface area contributed by atoms with Crippen molar-refractivity contribution >= 4 is 5.97 Å². The normalized spacial score (nSPS) is 29.1. The van der Waals surface area contributed by atoms with Crippen molar-refractivity contribution in [2.24, 2.45) is 23.2 Å². The van der Waals surface area contributed by atoms with Gasteiger partial charge in [-0.15, -0.1) is 0 Å². The first kappa shape index (κ1) is 27.2. The fourth-order valence-corrected chi connectivity index (χ4v) is 7.04. The molecule has 0 radical (unpaired) electrons. The minimum atomic E-state index is -0.0948. The average Bonchev–Trinajstić information content (AvgIpc) is 2.68. The summed E-state index contributed by atoms with van der Waals surface area (Å²) in [6.07, 6.45) is 21.4. The van der Waals surface area contributed by atoms with E-state index in [-0.39, 0.29) is 28.4 Å². The third-order valence-corrected chi connectivity index (χ3v) is 8.52. The summed E-state index contributed by atoms with van der Waals surface area (Å²) in [6, 6.07) is 0. The van der Waals surface area contributed by atoms with Crippen molar-refractivity contribution in [3.63, 3.8) is 0 Å². The van der Waals surface area contributed by atoms with E-state index in [1.165, 1.54) is 90.0 Å². The van der Waals surface area contributed by atoms with E-state index in [9.17, 15) is 4.79 Å². The molecule has 0 aliphatic heterocycles. The maximum atomic E-state index is 13.0. The van der Waals surface area contributed by atoms with Gasteiger partial charge in [-0.1, -0.05) is 58.3 Å². The Morgan fingerprint density at radius 3 is 1.71 bits per heavy atom. The highest BCUT2D eigenvalue weighted by Gasteiger charge is 2.55. The summed E-state index contributed by atoms with van der Waals surface area (Å²) in [5.41, 5.74) is -0.0948. The number of likely N-dealkylation sites (N-methyl/N-ethyl adjacent to an activating group) is 1. The second kappa shape index (κ2) is 13.0. The molecule has 4 aliphatic rings. The van der Waals surface area contributed by atoms with Crippen LogP contribution in [-0.2, 0) is 9.53 Å². The van der Waals surface area contributed by atoms with E-state index in [4.69, 9.17) is 4.74 Å². The lowest BCUT2D eigenvalue weighted by Gasteiger charge is -2.55. The third kappa shape index (κ3) is 8.32. The summed E-state index contributed by atoms with van der Waals surface area (Å²) in [5, 5.41) is 0. The Balaban J connectivity index is 0.00000341. The first-order valence-electron chi connectivity index (χ1n) is 13.4. The predicted octanol–water partition coefficient (Wildman–Crippen LogP) is 3.75. The molecule has 0 spiro atoms. The predicted molar refractivity (Wildman–Crippen MR) is 125 cm³/mol. The summed E-state index contributed by atoms with van der Waals surface area (Å²) < 4.78 is 6.89. The number of hydrogen-bond donors (Lipinski definition) is 0. The average molecular weight is 501 g/mol. The molecule has 4 fully saturated rings. The van der Waals surface area contributed by atoms with Crippen molar-refractivity contribution in [2.75, 3.05) is 33.8 Å². The molecule has 0 aromatic heterocycles. The summed E-state index contributed by atoms with van der Waals surface area (Å²) >= 11 is 0. The lowest BCUT2D eigenvalue weighted by atomic mass is 9.49. The zero-order chi connectivity index (χ0) is 21.5. The van der Waals surface area contributed by atoms with E-state index in [0.717, 1.165) is 48.0 Å². The molecule has 0 aromatic carbocycles. The fourth-order valence-electron chi connectivity index (χ4n) is 7.04. The van der Waals surface area contributed by atoms with Gasteiger partial charge >= 0.3 is 5.97 Å². The van der Waals surface area contributed by atoms with Gasteiger partial charge in [0, 0.05) is 0 Å². The molecule has 0 heterocycles. The molecule has 0 atom stereocenters. The monoisotopic (exact) mass is 499 g/mol. The fraction of sp³-hybridized carbons (Fsp3) is 0.963. The third-order valence-electron chi connectivity index (χ3n) is 8.52. The van der Waals surface area contributed by atoms with Crippen molar-refractivity contribution < 1.29 is 31.0 Å². The Hall–Kier alpha value is -0.0900. The highest BCUT2D eigenvalue weighted by Crippen LogP contribution is 2.60. The van der Waals surface area contributed by atoms with E-state index in [0.29, 0.717) is 6.61 Å². The molecule has 3 nitrogen and oxygen atoms in total. The molecule has 31 heavy (non-hydrogen) atoms. The Labute approximate surface area is 203 Å². The molecule has 4 heteroatoms. The van der Waals surface area contributed by atoms with Crippen LogP contribution in [0.2, 0.25) is 0 Å². The highest BCUT2D eigenvalue weighted by molar-refractivity contribution is 5.77. The summed E-state index contributed by atoms with van der Waals surface area (Å²) in [6.45, 7) is 5.04. The molecule has 4 aliphatic carbocycles. The van der Waals surface area contributed by atoms with E-state index in [2.05, 4.69) is 21.0 Å². The van der Waals surface area contributed by atoms with Crippen LogP contribution in [0.5, 0.6) is 0 Å². The van der Waals surface area contributed by atoms with Crippen LogP contribution in [0.1, 0.15) is 110 Å². The zero-order valence-electron chi connectivity index (χ0n) is 20.8. The van der Waals surface area contributed by atoms with E-state index in [1.54, 1.807) is 0 Å². The van der Waals surface area contributed by atoms with Gasteiger partial charge in [-0.2, -0.15) is 0 Å². The molecule has 0 unspecified atom stereocenters. The first-order valence-corrected chi connectivity index (χ1v) is 13.4. The minimum Gasteiger partial charge on any atom is -1.00 e. The first-order chi connectivity index (χ1) is 14.4. The van der Waals surface area contributed by atoms with Gasteiger partial charge in [0.1, 0.15) is 13.2 Å². The van der Waals surface area contributed by atoms with Gasteiger partial charge in [-0.3, -0.25) is 4.79 Å². The van der Waals surface area contributed by atoms with Gasteiger partial charge < -0.3 is 26.2 Å². The molecular weight excluding hydrogens is 450 g/mol. The van der Waals surface area contributed by atoms with Crippen LogP contribution < -0.4 is 17.0 Å². The maximum absolute atomic E-state index is 13.0. The minimum absolute atomic E-state index is 0. The van der Waals surface area contributed by atoms with Gasteiger partial charge in [0.15, 0.2) is 0 Å². The lowest BCUT2D eigenvalue weighted by molar-refractivity contribution is -0.890. The van der Waals surface area contributed by atoms with E-state index in [1.807, 2.05) is 0 Å².